The molecule has 0 aromatic heterocycles. The monoisotopic (exact) mass is 507 g/mol. The van der Waals surface area contributed by atoms with E-state index in [1.165, 1.54) is 0 Å². The van der Waals surface area contributed by atoms with Crippen LogP contribution in [0.4, 0.5) is 5.69 Å². The van der Waals surface area contributed by atoms with E-state index in [2.05, 4.69) is 4.72 Å². The fraction of sp³-hybridized carbons (Fsp3) is 0.345. The third-order valence-corrected chi connectivity index (χ3v) is 7.69. The summed E-state index contributed by atoms with van der Waals surface area (Å²) in [6.07, 6.45) is -1.30. The summed E-state index contributed by atoms with van der Waals surface area (Å²) in [4.78, 5) is 12.6. The van der Waals surface area contributed by atoms with Gasteiger partial charge in [-0.2, -0.15) is 0 Å². The van der Waals surface area contributed by atoms with Crippen LogP contribution in [0.25, 0.3) is 22.3 Å². The zero-order valence-electron chi connectivity index (χ0n) is 21.8. The molecule has 0 radical (unpaired) electrons. The third-order valence-electron chi connectivity index (χ3n) is 6.48. The molecule has 1 heterocycles. The molecule has 6 nitrogen and oxygen atoms in total. The smallest absolute Gasteiger partial charge is 0.337 e. The van der Waals surface area contributed by atoms with Gasteiger partial charge in [-0.15, -0.1) is 0 Å². The molecule has 0 saturated carbocycles. The Morgan fingerprint density at radius 3 is 2.14 bits per heavy atom. The third kappa shape index (κ3) is 4.90. The van der Waals surface area contributed by atoms with E-state index in [-0.39, 0.29) is 5.75 Å². The summed E-state index contributed by atoms with van der Waals surface area (Å²) >= 11 is 0. The van der Waals surface area contributed by atoms with Gasteiger partial charge >= 0.3 is 5.97 Å². The highest BCUT2D eigenvalue weighted by Crippen LogP contribution is 2.49. The van der Waals surface area contributed by atoms with Gasteiger partial charge in [0.15, 0.2) is 6.10 Å². The van der Waals surface area contributed by atoms with E-state index in [0.717, 1.165) is 38.9 Å². The summed E-state index contributed by atoms with van der Waals surface area (Å²) in [7, 11) is -3.72. The van der Waals surface area contributed by atoms with Crippen molar-refractivity contribution in [3.05, 3.63) is 75.8 Å². The van der Waals surface area contributed by atoms with E-state index in [1.54, 1.807) is 6.92 Å². The highest BCUT2D eigenvalue weighted by molar-refractivity contribution is 7.92. The maximum Gasteiger partial charge on any atom is 0.337 e. The zero-order chi connectivity index (χ0) is 26.6. The van der Waals surface area contributed by atoms with Gasteiger partial charge in [-0.05, 0) is 81.8 Å². The molecule has 36 heavy (non-hydrogen) atoms. The quantitative estimate of drug-likeness (QED) is 0.423. The van der Waals surface area contributed by atoms with Crippen LogP contribution in [0, 0.1) is 27.7 Å². The molecular formula is C29H33NO5S. The second-order valence-corrected chi connectivity index (χ2v) is 12.3. The van der Waals surface area contributed by atoms with Crippen LogP contribution in [0.15, 0.2) is 42.5 Å². The van der Waals surface area contributed by atoms with Crippen molar-refractivity contribution in [2.24, 2.45) is 0 Å². The van der Waals surface area contributed by atoms with Crippen molar-refractivity contribution in [1.82, 2.24) is 0 Å². The lowest BCUT2D eigenvalue weighted by atomic mass is 9.81. The van der Waals surface area contributed by atoms with E-state index in [9.17, 15) is 18.3 Å². The first-order valence-corrected chi connectivity index (χ1v) is 13.6. The molecule has 0 saturated heterocycles. The lowest BCUT2D eigenvalue weighted by Gasteiger charge is -2.31. The van der Waals surface area contributed by atoms with E-state index >= 15 is 0 Å². The van der Waals surface area contributed by atoms with Crippen molar-refractivity contribution in [1.29, 1.82) is 0 Å². The summed E-state index contributed by atoms with van der Waals surface area (Å²) in [6, 6.07) is 13.7. The average molecular weight is 508 g/mol. The average Bonchev–Trinajstić information content (AvgIpc) is 2.87. The molecule has 0 bridgehead atoms. The van der Waals surface area contributed by atoms with Crippen LogP contribution in [0.5, 0.6) is 0 Å². The molecule has 0 unspecified atom stereocenters. The highest BCUT2D eigenvalue weighted by atomic mass is 32.2. The molecule has 1 aliphatic rings. The first-order chi connectivity index (χ1) is 16.7. The Bertz CT molecular complexity index is 1470. The lowest BCUT2D eigenvalue weighted by Crippen LogP contribution is -2.29. The Balaban J connectivity index is 2.19. The first-order valence-electron chi connectivity index (χ1n) is 11.9. The molecule has 1 aliphatic heterocycles. The number of aliphatic carboxylic acids is 1. The molecular weight excluding hydrogens is 474 g/mol. The van der Waals surface area contributed by atoms with Gasteiger partial charge in [-0.25, -0.2) is 13.2 Å². The van der Waals surface area contributed by atoms with E-state index in [0.29, 0.717) is 22.4 Å². The number of aryl methyl sites for hydroxylation is 2. The normalized spacial score (nSPS) is 15.3. The van der Waals surface area contributed by atoms with Crippen molar-refractivity contribution in [3.8, 4) is 22.3 Å². The Morgan fingerprint density at radius 1 is 0.944 bits per heavy atom. The van der Waals surface area contributed by atoms with E-state index < -0.39 is 27.7 Å². The molecule has 190 valence electrons. The Kier molecular flexibility index (Phi) is 6.52. The van der Waals surface area contributed by atoms with Crippen molar-refractivity contribution >= 4 is 21.7 Å². The zero-order valence-corrected chi connectivity index (χ0v) is 22.6. The summed E-state index contributed by atoms with van der Waals surface area (Å²) in [5.74, 6) is -1.29. The van der Waals surface area contributed by atoms with Crippen LogP contribution in [-0.4, -0.2) is 25.1 Å². The van der Waals surface area contributed by atoms with Gasteiger partial charge in [0.25, 0.3) is 0 Å². The molecule has 4 rings (SSSR count). The van der Waals surface area contributed by atoms with Gasteiger partial charge in [0.2, 0.25) is 10.0 Å². The van der Waals surface area contributed by atoms with Gasteiger partial charge in [0, 0.05) is 11.1 Å². The summed E-state index contributed by atoms with van der Waals surface area (Å²) in [5, 5.41) is 10.3. The number of carboxylic acids is 1. The molecule has 0 spiro atoms. The first kappa shape index (κ1) is 25.9. The lowest BCUT2D eigenvalue weighted by molar-refractivity contribution is -0.160. The second-order valence-electron chi connectivity index (χ2n) is 10.6. The number of sulfonamides is 1. The summed E-state index contributed by atoms with van der Waals surface area (Å²) in [5.41, 5.74) is 7.46. The number of benzene rings is 3. The molecule has 3 aromatic rings. The predicted octanol–water partition coefficient (Wildman–Crippen LogP) is 6.45. The van der Waals surface area contributed by atoms with Crippen LogP contribution in [-0.2, 0) is 25.3 Å². The molecule has 7 heteroatoms. The molecule has 0 amide bonds. The van der Waals surface area contributed by atoms with Gasteiger partial charge in [0.05, 0.1) is 17.0 Å². The number of ether oxygens (including phenoxy) is 1. The number of rotatable bonds is 4. The fourth-order valence-corrected chi connectivity index (χ4v) is 6.24. The van der Waals surface area contributed by atoms with E-state index in [1.807, 2.05) is 84.0 Å². The van der Waals surface area contributed by atoms with E-state index in [4.69, 9.17) is 4.74 Å². The van der Waals surface area contributed by atoms with Crippen molar-refractivity contribution in [3.63, 3.8) is 0 Å². The van der Waals surface area contributed by atoms with Crippen LogP contribution in [0.2, 0.25) is 0 Å². The van der Waals surface area contributed by atoms with Crippen LogP contribution >= 0.6 is 0 Å². The van der Waals surface area contributed by atoms with Crippen molar-refractivity contribution < 1.29 is 23.1 Å². The number of hydrogen-bond acceptors (Lipinski definition) is 4. The minimum absolute atomic E-state index is 0.160. The summed E-state index contributed by atoms with van der Waals surface area (Å²) < 4.78 is 35.1. The van der Waals surface area contributed by atoms with Crippen molar-refractivity contribution in [2.45, 2.75) is 65.9 Å². The van der Waals surface area contributed by atoms with Gasteiger partial charge in [0.1, 0.15) is 0 Å². The minimum atomic E-state index is -3.72. The summed E-state index contributed by atoms with van der Waals surface area (Å²) in [6.45, 7) is 13.1. The molecule has 0 fully saturated rings. The Morgan fingerprint density at radius 2 is 1.56 bits per heavy atom. The van der Waals surface area contributed by atoms with Crippen molar-refractivity contribution in [2.75, 3.05) is 4.72 Å². The molecule has 0 aliphatic carbocycles. The predicted molar refractivity (Wildman–Crippen MR) is 144 cm³/mol. The Hall–Kier alpha value is -3.16. The van der Waals surface area contributed by atoms with Crippen LogP contribution in [0.3, 0.4) is 0 Å². The number of nitrogens with one attached hydrogen (secondary N) is 1. The highest BCUT2D eigenvalue weighted by Gasteiger charge is 2.36. The number of fused-ring (bicyclic) bond motifs is 3. The number of hydrogen-bond donors (Lipinski definition) is 2. The van der Waals surface area contributed by atoms with Gasteiger partial charge in [-0.1, -0.05) is 53.6 Å². The topological polar surface area (TPSA) is 92.7 Å². The standard InChI is InChI=1S/C29H33NO5S/c1-16-8-11-20(12-9-16)23-18(3)24-22-14-17(2)10-13-21(22)15-36(33,34)30-26(24)19(4)25(23)27(28(31)32)35-29(5,6)7/h8-14,27,30H,15H2,1-7H3,(H,31,32)/t27-/m0/s1. The second kappa shape index (κ2) is 9.05. The van der Waals surface area contributed by atoms with Crippen LogP contribution < -0.4 is 4.72 Å². The number of carboxylic acid groups (broad SMARTS) is 1. The van der Waals surface area contributed by atoms with Gasteiger partial charge in [-0.3, -0.25) is 4.72 Å². The maximum atomic E-state index is 13.1. The molecule has 2 N–H and O–H groups in total. The van der Waals surface area contributed by atoms with Crippen LogP contribution in [0.1, 0.15) is 60.3 Å². The fourth-order valence-electron chi connectivity index (χ4n) is 4.94. The SMILES string of the molecule is Cc1ccc(-c2c(C)c3c(c(C)c2[C@H](OC(C)(C)C)C(=O)O)NS(=O)(=O)Cc2ccc(C)cc2-3)cc1. The maximum absolute atomic E-state index is 13.1. The van der Waals surface area contributed by atoms with Gasteiger partial charge < -0.3 is 9.84 Å². The minimum Gasteiger partial charge on any atom is -0.479 e. The largest absolute Gasteiger partial charge is 0.479 e. The number of anilines is 1. The molecule has 3 aromatic carbocycles. The number of carbonyl (C=O) groups is 1. The molecule has 1 atom stereocenters. The Labute approximate surface area is 213 Å².